The number of ether oxygens (including phenoxy) is 1. The Balaban J connectivity index is 1.44. The Morgan fingerprint density at radius 2 is 1.90 bits per heavy atom. The van der Waals surface area contributed by atoms with E-state index in [1.165, 1.54) is 6.07 Å². The fraction of sp³-hybridized carbons (Fsp3) is 0.417. The molecular formula is C24H27FN2O3. The van der Waals surface area contributed by atoms with Gasteiger partial charge in [-0.15, -0.1) is 0 Å². The van der Waals surface area contributed by atoms with E-state index in [4.69, 9.17) is 4.74 Å². The lowest BCUT2D eigenvalue weighted by molar-refractivity contribution is -0.140. The zero-order chi connectivity index (χ0) is 21.1. The van der Waals surface area contributed by atoms with Gasteiger partial charge in [0.15, 0.2) is 0 Å². The second kappa shape index (κ2) is 8.86. The molecule has 2 heterocycles. The number of benzene rings is 2. The van der Waals surface area contributed by atoms with E-state index in [0.717, 1.165) is 12.8 Å². The maximum atomic E-state index is 14.0. The predicted molar refractivity (Wildman–Crippen MR) is 112 cm³/mol. The first-order valence-corrected chi connectivity index (χ1v) is 10.5. The maximum absolute atomic E-state index is 14.0. The Morgan fingerprint density at radius 3 is 2.70 bits per heavy atom. The molecule has 0 unspecified atom stereocenters. The highest BCUT2D eigenvalue weighted by Crippen LogP contribution is 2.33. The summed E-state index contributed by atoms with van der Waals surface area (Å²) < 4.78 is 19.3. The van der Waals surface area contributed by atoms with E-state index >= 15 is 0 Å². The fourth-order valence-electron chi connectivity index (χ4n) is 4.76. The van der Waals surface area contributed by atoms with Crippen molar-refractivity contribution in [1.29, 1.82) is 0 Å². The van der Waals surface area contributed by atoms with Gasteiger partial charge in [0, 0.05) is 32.1 Å². The van der Waals surface area contributed by atoms with E-state index in [1.807, 2.05) is 28.0 Å². The molecule has 4 rings (SSSR count). The lowest BCUT2D eigenvalue weighted by Gasteiger charge is -2.47. The van der Waals surface area contributed by atoms with Gasteiger partial charge in [0.25, 0.3) is 5.91 Å². The molecule has 2 saturated heterocycles. The number of piperidine rings is 2. The van der Waals surface area contributed by atoms with Crippen LogP contribution in [-0.2, 0) is 11.2 Å². The molecule has 6 heteroatoms. The summed E-state index contributed by atoms with van der Waals surface area (Å²) in [5.74, 6) is 0.708. The third-order valence-electron chi connectivity index (χ3n) is 6.35. The first-order valence-electron chi connectivity index (χ1n) is 10.5. The molecule has 2 atom stereocenters. The minimum atomic E-state index is -0.226. The molecule has 2 aliphatic heterocycles. The highest BCUT2D eigenvalue weighted by Gasteiger charge is 2.40. The van der Waals surface area contributed by atoms with Gasteiger partial charge in [-0.1, -0.05) is 30.3 Å². The Labute approximate surface area is 176 Å². The molecule has 0 bridgehead atoms. The maximum Gasteiger partial charge on any atom is 0.257 e. The summed E-state index contributed by atoms with van der Waals surface area (Å²) in [6.45, 7) is 1.74. The van der Waals surface area contributed by atoms with Crippen molar-refractivity contribution in [3.63, 3.8) is 0 Å². The molecule has 0 radical (unpaired) electrons. The van der Waals surface area contributed by atoms with Crippen LogP contribution in [0, 0.1) is 11.7 Å². The minimum Gasteiger partial charge on any atom is -0.496 e. The van der Waals surface area contributed by atoms with Gasteiger partial charge in [-0.05, 0) is 48.9 Å². The fourth-order valence-corrected chi connectivity index (χ4v) is 4.76. The Kier molecular flexibility index (Phi) is 6.02. The van der Waals surface area contributed by atoms with E-state index in [2.05, 4.69) is 0 Å². The molecule has 2 amide bonds. The summed E-state index contributed by atoms with van der Waals surface area (Å²) in [5, 5.41) is 0. The zero-order valence-electron chi connectivity index (χ0n) is 17.2. The van der Waals surface area contributed by atoms with Crippen LogP contribution in [0.25, 0.3) is 0 Å². The molecule has 0 saturated carbocycles. The van der Waals surface area contributed by atoms with Crippen molar-refractivity contribution in [3.8, 4) is 5.75 Å². The average molecular weight is 410 g/mol. The number of carbonyl (C=O) groups excluding carboxylic acids is 2. The minimum absolute atomic E-state index is 0.0271. The lowest BCUT2D eigenvalue weighted by Crippen LogP contribution is -2.57. The normalized spacial score (nSPS) is 21.3. The number of para-hydroxylation sites is 1. The number of hydrogen-bond acceptors (Lipinski definition) is 3. The van der Waals surface area contributed by atoms with Crippen molar-refractivity contribution >= 4 is 11.8 Å². The number of halogens is 1. The second-order valence-corrected chi connectivity index (χ2v) is 8.03. The van der Waals surface area contributed by atoms with Gasteiger partial charge >= 0.3 is 0 Å². The number of hydrogen-bond donors (Lipinski definition) is 0. The van der Waals surface area contributed by atoms with Crippen molar-refractivity contribution in [2.45, 2.75) is 31.7 Å². The smallest absolute Gasteiger partial charge is 0.257 e. The molecule has 5 nitrogen and oxygen atoms in total. The molecule has 30 heavy (non-hydrogen) atoms. The van der Waals surface area contributed by atoms with Crippen molar-refractivity contribution in [1.82, 2.24) is 9.80 Å². The average Bonchev–Trinajstić information content (AvgIpc) is 2.78. The highest BCUT2D eigenvalue weighted by molar-refractivity contribution is 5.97. The quantitative estimate of drug-likeness (QED) is 0.758. The van der Waals surface area contributed by atoms with Gasteiger partial charge < -0.3 is 14.5 Å². The third-order valence-corrected chi connectivity index (χ3v) is 6.35. The van der Waals surface area contributed by atoms with Gasteiger partial charge in [0.2, 0.25) is 5.91 Å². The first kappa shape index (κ1) is 20.4. The third kappa shape index (κ3) is 4.04. The monoisotopic (exact) mass is 410 g/mol. The molecule has 2 fully saturated rings. The SMILES string of the molecule is COc1ccccc1C(=O)N1CC[C@@H]2[C@@H](CCC(=O)N2CCc2ccccc2F)C1. The van der Waals surface area contributed by atoms with E-state index in [1.54, 1.807) is 31.4 Å². The Bertz CT molecular complexity index is 932. The van der Waals surface area contributed by atoms with E-state index in [-0.39, 0.29) is 29.6 Å². The first-order chi connectivity index (χ1) is 14.6. The molecular weight excluding hydrogens is 383 g/mol. The van der Waals surface area contributed by atoms with Crippen molar-refractivity contribution in [2.75, 3.05) is 26.7 Å². The van der Waals surface area contributed by atoms with Crippen molar-refractivity contribution in [2.24, 2.45) is 5.92 Å². The van der Waals surface area contributed by atoms with Crippen LogP contribution in [0.3, 0.4) is 0 Å². The summed E-state index contributed by atoms with van der Waals surface area (Å²) in [6, 6.07) is 14.1. The molecule has 0 aromatic heterocycles. The van der Waals surface area contributed by atoms with Crippen LogP contribution in [0.1, 0.15) is 35.2 Å². The number of methoxy groups -OCH3 is 1. The number of rotatable bonds is 5. The molecule has 0 spiro atoms. The van der Waals surface area contributed by atoms with Crippen LogP contribution in [0.2, 0.25) is 0 Å². The van der Waals surface area contributed by atoms with Crippen molar-refractivity contribution in [3.05, 3.63) is 65.5 Å². The molecule has 0 N–H and O–H groups in total. The van der Waals surface area contributed by atoms with Crippen LogP contribution in [0.5, 0.6) is 5.75 Å². The standard InChI is InChI=1S/C24H27FN2O3/c1-30-22-9-5-3-7-19(22)24(29)26-14-13-21-18(16-26)10-11-23(28)27(21)15-12-17-6-2-4-8-20(17)25/h2-9,18,21H,10-16H2,1H3/t18-,21+/m0/s1. The predicted octanol–water partition coefficient (Wildman–Crippen LogP) is 3.53. The summed E-state index contributed by atoms with van der Waals surface area (Å²) in [7, 11) is 1.57. The number of fused-ring (bicyclic) bond motifs is 1. The van der Waals surface area contributed by atoms with E-state index in [0.29, 0.717) is 49.4 Å². The summed E-state index contributed by atoms with van der Waals surface area (Å²) in [4.78, 5) is 29.5. The molecule has 2 aromatic rings. The van der Waals surface area contributed by atoms with Gasteiger partial charge in [0.05, 0.1) is 12.7 Å². The zero-order valence-corrected chi connectivity index (χ0v) is 17.2. The van der Waals surface area contributed by atoms with Crippen LogP contribution in [0.15, 0.2) is 48.5 Å². The Morgan fingerprint density at radius 1 is 1.13 bits per heavy atom. The number of carbonyl (C=O) groups is 2. The number of amides is 2. The Hall–Kier alpha value is -2.89. The molecule has 2 aliphatic rings. The van der Waals surface area contributed by atoms with Crippen LogP contribution in [-0.4, -0.2) is 54.4 Å². The number of nitrogens with zero attached hydrogens (tertiary/aromatic N) is 2. The number of likely N-dealkylation sites (tertiary alicyclic amines) is 2. The van der Waals surface area contributed by atoms with Gasteiger partial charge in [-0.2, -0.15) is 0 Å². The van der Waals surface area contributed by atoms with Gasteiger partial charge in [-0.25, -0.2) is 4.39 Å². The van der Waals surface area contributed by atoms with Crippen molar-refractivity contribution < 1.29 is 18.7 Å². The van der Waals surface area contributed by atoms with Crippen LogP contribution in [0.4, 0.5) is 4.39 Å². The summed E-state index contributed by atoms with van der Waals surface area (Å²) >= 11 is 0. The van der Waals surface area contributed by atoms with Gasteiger partial charge in [-0.3, -0.25) is 9.59 Å². The lowest BCUT2D eigenvalue weighted by atomic mass is 9.83. The summed E-state index contributed by atoms with van der Waals surface area (Å²) in [6.07, 6.45) is 2.52. The topological polar surface area (TPSA) is 49.9 Å². The molecule has 2 aromatic carbocycles. The van der Waals surface area contributed by atoms with Gasteiger partial charge in [0.1, 0.15) is 11.6 Å². The largest absolute Gasteiger partial charge is 0.496 e. The molecule has 158 valence electrons. The van der Waals surface area contributed by atoms with E-state index < -0.39 is 0 Å². The second-order valence-electron chi connectivity index (χ2n) is 8.03. The molecule has 0 aliphatic carbocycles. The van der Waals surface area contributed by atoms with Crippen LogP contribution >= 0.6 is 0 Å². The summed E-state index contributed by atoms with van der Waals surface area (Å²) in [5.41, 5.74) is 1.21. The van der Waals surface area contributed by atoms with Crippen LogP contribution < -0.4 is 4.74 Å². The van der Waals surface area contributed by atoms with E-state index in [9.17, 15) is 14.0 Å². The highest BCUT2D eigenvalue weighted by atomic mass is 19.1.